The van der Waals surface area contributed by atoms with Gasteiger partial charge in [0.1, 0.15) is 0 Å². The first-order chi connectivity index (χ1) is 11.7. The lowest BCUT2D eigenvalue weighted by atomic mass is 9.94. The molecular formula is C19H23N3OS. The minimum absolute atomic E-state index is 0.0240. The van der Waals surface area contributed by atoms with Crippen LogP contribution < -0.4 is 16.2 Å². The molecular weight excluding hydrogens is 318 g/mol. The molecule has 1 aliphatic rings. The van der Waals surface area contributed by atoms with Gasteiger partial charge in [-0.1, -0.05) is 48.0 Å². The van der Waals surface area contributed by atoms with Crippen LogP contribution in [0.1, 0.15) is 17.2 Å². The van der Waals surface area contributed by atoms with Crippen LogP contribution in [0.3, 0.4) is 0 Å². The normalized spacial score (nSPS) is 20.0. The van der Waals surface area contributed by atoms with Gasteiger partial charge in [0.2, 0.25) is 5.91 Å². The fourth-order valence-electron chi connectivity index (χ4n) is 2.83. The van der Waals surface area contributed by atoms with E-state index in [9.17, 15) is 4.79 Å². The van der Waals surface area contributed by atoms with E-state index >= 15 is 0 Å². The highest BCUT2D eigenvalue weighted by molar-refractivity contribution is 7.99. The Kier molecular flexibility index (Phi) is 5.91. The highest BCUT2D eigenvalue weighted by Gasteiger charge is 2.33. The van der Waals surface area contributed by atoms with Crippen molar-refractivity contribution >= 4 is 17.7 Å². The summed E-state index contributed by atoms with van der Waals surface area (Å²) in [6.45, 7) is 3.41. The molecule has 0 bridgehead atoms. The molecule has 2 atom stereocenters. The number of thioether (sulfide) groups is 1. The molecule has 2 unspecified atom stereocenters. The summed E-state index contributed by atoms with van der Waals surface area (Å²) in [5.41, 5.74) is 8.72. The summed E-state index contributed by atoms with van der Waals surface area (Å²) in [4.78, 5) is 13.7. The Balaban J connectivity index is 1.47. The van der Waals surface area contributed by atoms with Crippen molar-refractivity contribution in [2.24, 2.45) is 5.92 Å². The zero-order valence-corrected chi connectivity index (χ0v) is 14.6. The molecule has 0 spiro atoms. The second-order valence-electron chi connectivity index (χ2n) is 5.97. The second kappa shape index (κ2) is 8.33. The number of aryl methyl sites for hydroxylation is 1. The average Bonchev–Trinajstić information content (AvgIpc) is 3.11. The molecule has 24 heavy (non-hydrogen) atoms. The van der Waals surface area contributed by atoms with Crippen molar-refractivity contribution in [3.8, 4) is 0 Å². The lowest BCUT2D eigenvalue weighted by Gasteiger charge is -2.18. The lowest BCUT2D eigenvalue weighted by Crippen LogP contribution is -2.36. The smallest absolute Gasteiger partial charge is 0.226 e. The molecule has 1 heterocycles. The van der Waals surface area contributed by atoms with E-state index in [1.54, 1.807) is 11.8 Å². The maximum Gasteiger partial charge on any atom is 0.226 e. The quantitative estimate of drug-likeness (QED) is 0.558. The molecule has 0 aliphatic carbocycles. The number of rotatable bonds is 6. The number of hydrogen-bond donors (Lipinski definition) is 3. The van der Waals surface area contributed by atoms with Gasteiger partial charge in [-0.05, 0) is 24.6 Å². The van der Waals surface area contributed by atoms with Crippen molar-refractivity contribution in [1.29, 1.82) is 0 Å². The van der Waals surface area contributed by atoms with Crippen molar-refractivity contribution in [3.05, 3.63) is 65.7 Å². The zero-order chi connectivity index (χ0) is 16.8. The lowest BCUT2D eigenvalue weighted by molar-refractivity contribution is -0.124. The maximum absolute atomic E-state index is 12.5. The van der Waals surface area contributed by atoms with E-state index in [4.69, 9.17) is 0 Å². The molecule has 3 rings (SSSR count). The number of hydrazine groups is 1. The molecule has 1 saturated heterocycles. The zero-order valence-electron chi connectivity index (χ0n) is 13.8. The van der Waals surface area contributed by atoms with Gasteiger partial charge in [-0.25, -0.2) is 5.43 Å². The number of carbonyl (C=O) groups excluding carboxylic acids is 1. The molecule has 5 heteroatoms. The predicted octanol–water partition coefficient (Wildman–Crippen LogP) is 2.67. The number of benzene rings is 2. The highest BCUT2D eigenvalue weighted by atomic mass is 32.2. The molecule has 0 saturated carbocycles. The number of carbonyl (C=O) groups is 1. The van der Waals surface area contributed by atoms with Crippen LogP contribution in [0.25, 0.3) is 0 Å². The van der Waals surface area contributed by atoms with Crippen molar-refractivity contribution in [3.63, 3.8) is 0 Å². The summed E-state index contributed by atoms with van der Waals surface area (Å²) < 4.78 is 0. The first-order valence-electron chi connectivity index (χ1n) is 8.24. The molecule has 2 aromatic rings. The van der Waals surface area contributed by atoms with E-state index in [0.29, 0.717) is 13.1 Å². The van der Waals surface area contributed by atoms with E-state index in [1.165, 1.54) is 10.5 Å². The van der Waals surface area contributed by atoms with Gasteiger partial charge in [0, 0.05) is 23.7 Å². The topological polar surface area (TPSA) is 53.2 Å². The molecule has 3 N–H and O–H groups in total. The predicted molar refractivity (Wildman–Crippen MR) is 98.7 cm³/mol. The third kappa shape index (κ3) is 4.38. The van der Waals surface area contributed by atoms with Crippen LogP contribution in [0.2, 0.25) is 0 Å². The maximum atomic E-state index is 12.5. The van der Waals surface area contributed by atoms with E-state index in [0.717, 1.165) is 11.3 Å². The highest BCUT2D eigenvalue weighted by Crippen LogP contribution is 2.24. The molecule has 2 aromatic carbocycles. The molecule has 4 nitrogen and oxygen atoms in total. The molecule has 1 amide bonds. The summed E-state index contributed by atoms with van der Waals surface area (Å²) in [6, 6.07) is 18.6. The van der Waals surface area contributed by atoms with E-state index in [1.807, 2.05) is 18.2 Å². The monoisotopic (exact) mass is 341 g/mol. The van der Waals surface area contributed by atoms with E-state index < -0.39 is 0 Å². The summed E-state index contributed by atoms with van der Waals surface area (Å²) >= 11 is 1.76. The average molecular weight is 341 g/mol. The molecule has 0 aromatic heterocycles. The van der Waals surface area contributed by atoms with Gasteiger partial charge in [0.25, 0.3) is 0 Å². The van der Waals surface area contributed by atoms with E-state index in [2.05, 4.69) is 59.5 Å². The summed E-state index contributed by atoms with van der Waals surface area (Å²) in [5, 5.41) is 3.07. The molecule has 126 valence electrons. The Morgan fingerprint density at radius 1 is 1.17 bits per heavy atom. The summed E-state index contributed by atoms with van der Waals surface area (Å²) in [5.74, 6) is 0.890. The van der Waals surface area contributed by atoms with Gasteiger partial charge in [-0.15, -0.1) is 11.8 Å². The van der Waals surface area contributed by atoms with Gasteiger partial charge >= 0.3 is 0 Å². The van der Waals surface area contributed by atoms with Crippen molar-refractivity contribution < 1.29 is 4.79 Å². The second-order valence-corrected chi connectivity index (χ2v) is 7.14. The van der Waals surface area contributed by atoms with Gasteiger partial charge < -0.3 is 5.32 Å². The van der Waals surface area contributed by atoms with Gasteiger partial charge in [0.15, 0.2) is 0 Å². The van der Waals surface area contributed by atoms with Crippen molar-refractivity contribution in [2.45, 2.75) is 17.9 Å². The number of nitrogens with one attached hydrogen (secondary N) is 3. The van der Waals surface area contributed by atoms with Crippen LogP contribution in [0.4, 0.5) is 0 Å². The van der Waals surface area contributed by atoms with Crippen LogP contribution in [-0.2, 0) is 4.79 Å². The third-order valence-electron chi connectivity index (χ3n) is 4.17. The van der Waals surface area contributed by atoms with Crippen LogP contribution in [0, 0.1) is 12.8 Å². The fraction of sp³-hybridized carbons (Fsp3) is 0.316. The van der Waals surface area contributed by atoms with Crippen LogP contribution >= 0.6 is 11.8 Å². The minimum Gasteiger partial charge on any atom is -0.355 e. The molecule has 1 aliphatic heterocycles. The first-order valence-corrected chi connectivity index (χ1v) is 9.23. The van der Waals surface area contributed by atoms with E-state index in [-0.39, 0.29) is 17.9 Å². The Labute approximate surface area is 147 Å². The molecule has 1 fully saturated rings. The van der Waals surface area contributed by atoms with Crippen LogP contribution in [0.5, 0.6) is 0 Å². The SMILES string of the molecule is Cc1ccc(SCCNC(=O)C2CNNC2c2ccccc2)cc1. The van der Waals surface area contributed by atoms with Gasteiger partial charge in [0.05, 0.1) is 12.0 Å². The van der Waals surface area contributed by atoms with Crippen LogP contribution in [0.15, 0.2) is 59.5 Å². The Bertz CT molecular complexity index is 660. The van der Waals surface area contributed by atoms with Crippen molar-refractivity contribution in [2.75, 3.05) is 18.8 Å². The Morgan fingerprint density at radius 3 is 2.67 bits per heavy atom. The third-order valence-corrected chi connectivity index (χ3v) is 5.18. The number of hydrogen-bond acceptors (Lipinski definition) is 4. The van der Waals surface area contributed by atoms with Gasteiger partial charge in [-0.2, -0.15) is 0 Å². The van der Waals surface area contributed by atoms with Crippen LogP contribution in [-0.4, -0.2) is 24.7 Å². The summed E-state index contributed by atoms with van der Waals surface area (Å²) in [7, 11) is 0. The summed E-state index contributed by atoms with van der Waals surface area (Å²) in [6.07, 6.45) is 0. The fourth-order valence-corrected chi connectivity index (χ4v) is 3.59. The standard InChI is InChI=1S/C19H23N3OS/c1-14-7-9-16(10-8-14)24-12-11-20-19(23)17-13-21-22-18(17)15-5-3-2-4-6-15/h2-10,17-18,21-22H,11-13H2,1H3,(H,20,23). The number of amides is 1. The van der Waals surface area contributed by atoms with Crippen molar-refractivity contribution in [1.82, 2.24) is 16.2 Å². The Hall–Kier alpha value is -1.82. The minimum atomic E-state index is -0.0863. The molecule has 0 radical (unpaired) electrons. The first kappa shape index (κ1) is 17.0. The van der Waals surface area contributed by atoms with Gasteiger partial charge in [-0.3, -0.25) is 10.2 Å². The largest absolute Gasteiger partial charge is 0.355 e. The Morgan fingerprint density at radius 2 is 1.92 bits per heavy atom.